The van der Waals surface area contributed by atoms with E-state index < -0.39 is 0 Å². The third-order valence-electron chi connectivity index (χ3n) is 9.28. The van der Waals surface area contributed by atoms with Gasteiger partial charge in [-0.2, -0.15) is 0 Å². The first-order chi connectivity index (χ1) is 22.9. The van der Waals surface area contributed by atoms with Gasteiger partial charge in [-0.3, -0.25) is 4.99 Å². The normalized spacial score (nSPS) is 12.3. The maximum Gasteiger partial charge on any atom is 0.229 e. The number of nitrogens with zero attached hydrogens (tertiary/aromatic N) is 2. The fraction of sp³-hybridized carbons (Fsp3) is 0.289. The maximum atomic E-state index is 6.40. The minimum absolute atomic E-state index is 0.0745. The maximum absolute atomic E-state index is 6.40. The van der Waals surface area contributed by atoms with E-state index in [4.69, 9.17) is 14.4 Å². The molecule has 0 aliphatic heterocycles. The average molecular weight is 633 g/mol. The summed E-state index contributed by atoms with van der Waals surface area (Å²) in [6, 6.07) is 36.6. The van der Waals surface area contributed by atoms with E-state index in [0.29, 0.717) is 23.6 Å². The second-order valence-electron chi connectivity index (χ2n) is 14.9. The predicted octanol–water partition coefficient (Wildman–Crippen LogP) is 13.2. The molecular weight excluding hydrogens is 585 g/mol. The van der Waals surface area contributed by atoms with Gasteiger partial charge in [-0.15, -0.1) is 0 Å². The van der Waals surface area contributed by atoms with Gasteiger partial charge in [0.25, 0.3) is 0 Å². The molecule has 0 bridgehead atoms. The monoisotopic (exact) mass is 632 g/mol. The molecule has 5 aromatic carbocycles. The lowest BCUT2D eigenvalue weighted by molar-refractivity contribution is 0.590. The summed E-state index contributed by atoms with van der Waals surface area (Å²) in [6.45, 7) is 20.5. The standard InChI is InChI=1S/C45H48N2O/c1-28(2)34-25-38(29(3)4)42(39(26-34)30(5)6)33-22-20-32(21-23-33)36-17-13-19-41-43(36)47-44(48-41)37-16-10-11-18-40(37)46-27-31-14-12-15-35(24-31)45(7,8)9/h10-30H,1-9H3. The zero-order valence-corrected chi connectivity index (χ0v) is 29.9. The quantitative estimate of drug-likeness (QED) is 0.157. The van der Waals surface area contributed by atoms with Crippen molar-refractivity contribution >= 4 is 23.0 Å². The molecule has 6 aromatic rings. The van der Waals surface area contributed by atoms with E-state index in [1.807, 2.05) is 42.6 Å². The Morgan fingerprint density at radius 2 is 1.27 bits per heavy atom. The lowest BCUT2D eigenvalue weighted by atomic mass is 9.81. The summed E-state index contributed by atoms with van der Waals surface area (Å²) in [5.41, 5.74) is 14.8. The Balaban J connectivity index is 1.36. The first-order valence-corrected chi connectivity index (χ1v) is 17.3. The van der Waals surface area contributed by atoms with Gasteiger partial charge in [0, 0.05) is 11.8 Å². The van der Waals surface area contributed by atoms with Crippen molar-refractivity contribution < 1.29 is 4.42 Å². The van der Waals surface area contributed by atoms with Crippen LogP contribution in [0.25, 0.3) is 44.8 Å². The van der Waals surface area contributed by atoms with Gasteiger partial charge in [-0.1, -0.05) is 141 Å². The van der Waals surface area contributed by atoms with Crippen LogP contribution in [-0.4, -0.2) is 11.2 Å². The molecule has 0 fully saturated rings. The van der Waals surface area contributed by atoms with E-state index in [0.717, 1.165) is 39.0 Å². The first kappa shape index (κ1) is 33.2. The van der Waals surface area contributed by atoms with Crippen LogP contribution in [-0.2, 0) is 5.41 Å². The van der Waals surface area contributed by atoms with Gasteiger partial charge in [-0.25, -0.2) is 4.98 Å². The fourth-order valence-corrected chi connectivity index (χ4v) is 6.40. The van der Waals surface area contributed by atoms with Crippen molar-refractivity contribution in [2.45, 2.75) is 85.5 Å². The van der Waals surface area contributed by atoms with Crippen molar-refractivity contribution in [3.05, 3.63) is 131 Å². The summed E-state index contributed by atoms with van der Waals surface area (Å²) in [5.74, 6) is 1.92. The molecule has 0 unspecified atom stereocenters. The number of aliphatic imine (C=N–C) groups is 1. The van der Waals surface area contributed by atoms with Crippen LogP contribution in [0, 0.1) is 0 Å². The van der Waals surface area contributed by atoms with E-state index in [2.05, 4.69) is 129 Å². The average Bonchev–Trinajstić information content (AvgIpc) is 3.51. The Morgan fingerprint density at radius 3 is 1.92 bits per heavy atom. The molecule has 6 rings (SSSR count). The topological polar surface area (TPSA) is 38.4 Å². The molecule has 3 nitrogen and oxygen atoms in total. The molecule has 0 aliphatic carbocycles. The smallest absolute Gasteiger partial charge is 0.229 e. The van der Waals surface area contributed by atoms with Crippen LogP contribution in [0.3, 0.4) is 0 Å². The van der Waals surface area contributed by atoms with Crippen LogP contribution in [0.5, 0.6) is 0 Å². The van der Waals surface area contributed by atoms with Gasteiger partial charge in [-0.05, 0) is 91.9 Å². The summed E-state index contributed by atoms with van der Waals surface area (Å²) >= 11 is 0. The van der Waals surface area contributed by atoms with Gasteiger partial charge in [0.2, 0.25) is 5.89 Å². The Morgan fingerprint density at radius 1 is 0.646 bits per heavy atom. The van der Waals surface area contributed by atoms with Crippen LogP contribution >= 0.6 is 0 Å². The summed E-state index contributed by atoms with van der Waals surface area (Å²) in [5, 5.41) is 0. The molecule has 0 saturated heterocycles. The highest BCUT2D eigenvalue weighted by Gasteiger charge is 2.20. The molecule has 3 heteroatoms. The minimum atomic E-state index is 0.0745. The number of benzene rings is 5. The Kier molecular flexibility index (Phi) is 9.25. The molecule has 0 amide bonds. The van der Waals surface area contributed by atoms with Crippen molar-refractivity contribution in [2.75, 3.05) is 0 Å². The SMILES string of the molecule is CC(C)c1cc(C(C)C)c(-c2ccc(-c3cccc4oc(-c5ccccc5N=Cc5cccc(C(C)(C)C)c5)nc34)cc2)c(C(C)C)c1. The fourth-order valence-electron chi connectivity index (χ4n) is 6.40. The molecule has 0 radical (unpaired) electrons. The summed E-state index contributed by atoms with van der Waals surface area (Å²) in [6.07, 6.45) is 1.93. The van der Waals surface area contributed by atoms with Crippen molar-refractivity contribution in [1.82, 2.24) is 4.98 Å². The number of hydrogen-bond acceptors (Lipinski definition) is 3. The number of fused-ring (bicyclic) bond motifs is 1. The largest absolute Gasteiger partial charge is 0.436 e. The van der Waals surface area contributed by atoms with Crippen molar-refractivity contribution in [1.29, 1.82) is 0 Å². The zero-order chi connectivity index (χ0) is 34.2. The summed E-state index contributed by atoms with van der Waals surface area (Å²) in [4.78, 5) is 9.96. The molecule has 0 aliphatic rings. The van der Waals surface area contributed by atoms with Crippen LogP contribution < -0.4 is 0 Å². The van der Waals surface area contributed by atoms with Crippen molar-refractivity contribution in [3.8, 4) is 33.7 Å². The molecule has 48 heavy (non-hydrogen) atoms. The number of oxazole rings is 1. The molecule has 0 spiro atoms. The van der Waals surface area contributed by atoms with E-state index in [1.54, 1.807) is 0 Å². The molecule has 244 valence electrons. The van der Waals surface area contributed by atoms with Crippen LogP contribution in [0.15, 0.2) is 113 Å². The summed E-state index contributed by atoms with van der Waals surface area (Å²) < 4.78 is 6.40. The third-order valence-corrected chi connectivity index (χ3v) is 9.28. The molecule has 1 heterocycles. The minimum Gasteiger partial charge on any atom is -0.436 e. The molecule has 1 aromatic heterocycles. The number of hydrogen-bond donors (Lipinski definition) is 0. The van der Waals surface area contributed by atoms with Gasteiger partial charge in [0.1, 0.15) is 5.52 Å². The number of para-hydroxylation sites is 2. The third kappa shape index (κ3) is 6.78. The zero-order valence-electron chi connectivity index (χ0n) is 29.9. The highest BCUT2D eigenvalue weighted by Crippen LogP contribution is 2.40. The Hall–Kier alpha value is -4.76. The molecule has 0 atom stereocenters. The molecule has 0 N–H and O–H groups in total. The Bertz CT molecular complexity index is 2060. The number of rotatable bonds is 8. The van der Waals surface area contributed by atoms with E-state index in [9.17, 15) is 0 Å². The van der Waals surface area contributed by atoms with Gasteiger partial charge >= 0.3 is 0 Å². The van der Waals surface area contributed by atoms with Crippen molar-refractivity contribution in [3.63, 3.8) is 0 Å². The van der Waals surface area contributed by atoms with Crippen molar-refractivity contribution in [2.24, 2.45) is 4.99 Å². The number of aromatic nitrogens is 1. The van der Waals surface area contributed by atoms with Crippen LogP contribution in [0.1, 0.15) is 108 Å². The molecular formula is C45H48N2O. The van der Waals surface area contributed by atoms with E-state index in [-0.39, 0.29) is 5.41 Å². The highest BCUT2D eigenvalue weighted by molar-refractivity contribution is 5.93. The lowest BCUT2D eigenvalue weighted by Gasteiger charge is -2.23. The first-order valence-electron chi connectivity index (χ1n) is 17.3. The van der Waals surface area contributed by atoms with Gasteiger partial charge in [0.15, 0.2) is 5.58 Å². The molecule has 0 saturated carbocycles. The van der Waals surface area contributed by atoms with E-state index >= 15 is 0 Å². The second-order valence-corrected chi connectivity index (χ2v) is 14.9. The summed E-state index contributed by atoms with van der Waals surface area (Å²) in [7, 11) is 0. The second kappa shape index (κ2) is 13.4. The van der Waals surface area contributed by atoms with Crippen LogP contribution in [0.4, 0.5) is 5.69 Å². The highest BCUT2D eigenvalue weighted by atomic mass is 16.3. The van der Waals surface area contributed by atoms with Gasteiger partial charge < -0.3 is 4.42 Å². The van der Waals surface area contributed by atoms with E-state index in [1.165, 1.54) is 33.4 Å². The Labute approximate surface area is 286 Å². The van der Waals surface area contributed by atoms with Gasteiger partial charge in [0.05, 0.1) is 11.3 Å². The van der Waals surface area contributed by atoms with Crippen LogP contribution in [0.2, 0.25) is 0 Å². The predicted molar refractivity (Wildman–Crippen MR) is 205 cm³/mol. The lowest BCUT2D eigenvalue weighted by Crippen LogP contribution is -2.11.